The van der Waals surface area contributed by atoms with Crippen LogP contribution in [0.15, 0.2) is 6.20 Å². The van der Waals surface area contributed by atoms with E-state index in [9.17, 15) is 13.6 Å². The quantitative estimate of drug-likeness (QED) is 0.798. The van der Waals surface area contributed by atoms with E-state index in [4.69, 9.17) is 10.8 Å². The van der Waals surface area contributed by atoms with E-state index in [0.717, 1.165) is 13.3 Å². The third kappa shape index (κ3) is 1.95. The van der Waals surface area contributed by atoms with Gasteiger partial charge in [-0.3, -0.25) is 0 Å². The van der Waals surface area contributed by atoms with Crippen molar-refractivity contribution in [2.24, 2.45) is 0 Å². The fourth-order valence-corrected chi connectivity index (χ4v) is 1.08. The molecule has 1 aromatic heterocycles. The molecule has 0 radical (unpaired) electrons. The van der Waals surface area contributed by atoms with Crippen LogP contribution in [0.2, 0.25) is 0 Å². The molecule has 0 aromatic carbocycles. The summed E-state index contributed by atoms with van der Waals surface area (Å²) in [7, 11) is 1.13. The maximum absolute atomic E-state index is 12.4. The lowest BCUT2D eigenvalue weighted by molar-refractivity contribution is 0.0690. The Morgan fingerprint density at radius 1 is 1.67 bits per heavy atom. The number of hydrogen-bond acceptors (Lipinski definition) is 4. The third-order valence-electron chi connectivity index (χ3n) is 1.74. The van der Waals surface area contributed by atoms with E-state index >= 15 is 0 Å². The average Bonchev–Trinajstić information content (AvgIpc) is 2.16. The number of alkyl halides is 2. The summed E-state index contributed by atoms with van der Waals surface area (Å²) < 4.78 is 29.4. The predicted molar refractivity (Wildman–Crippen MR) is 47.1 cm³/mol. The van der Waals surface area contributed by atoms with Crippen molar-refractivity contribution < 1.29 is 23.4 Å². The Morgan fingerprint density at radius 2 is 2.27 bits per heavy atom. The number of nitrogens with zero attached hydrogens (tertiary/aromatic N) is 1. The third-order valence-corrected chi connectivity index (χ3v) is 1.74. The maximum atomic E-state index is 12.4. The van der Waals surface area contributed by atoms with Gasteiger partial charge in [0.05, 0.1) is 12.7 Å². The number of aromatic nitrogens is 1. The van der Waals surface area contributed by atoms with E-state index in [1.165, 1.54) is 0 Å². The van der Waals surface area contributed by atoms with E-state index in [1.54, 1.807) is 0 Å². The van der Waals surface area contributed by atoms with Gasteiger partial charge in [-0.1, -0.05) is 0 Å². The Morgan fingerprint density at radius 3 is 2.67 bits per heavy atom. The van der Waals surface area contributed by atoms with E-state index in [-0.39, 0.29) is 5.75 Å². The molecule has 0 aliphatic heterocycles. The summed E-state index contributed by atoms with van der Waals surface area (Å²) in [6, 6.07) is 0. The van der Waals surface area contributed by atoms with E-state index in [0.29, 0.717) is 0 Å². The van der Waals surface area contributed by atoms with E-state index in [1.807, 2.05) is 0 Å². The van der Waals surface area contributed by atoms with E-state index in [2.05, 4.69) is 9.72 Å². The first-order chi connectivity index (χ1) is 6.99. The fourth-order valence-electron chi connectivity index (χ4n) is 1.08. The Balaban J connectivity index is 3.39. The van der Waals surface area contributed by atoms with Gasteiger partial charge in [-0.25, -0.2) is 18.6 Å². The minimum atomic E-state index is -2.82. The van der Waals surface area contributed by atoms with Gasteiger partial charge in [0.2, 0.25) is 0 Å². The molecular formula is C8H8F2N2O3. The van der Waals surface area contributed by atoms with Crippen molar-refractivity contribution in [3.63, 3.8) is 0 Å². The smallest absolute Gasteiger partial charge is 0.356 e. The fraction of sp³-hybridized carbons (Fsp3) is 0.250. The van der Waals surface area contributed by atoms with Crippen LogP contribution in [-0.4, -0.2) is 23.2 Å². The predicted octanol–water partition coefficient (Wildman–Crippen LogP) is 1.31. The zero-order valence-corrected chi connectivity index (χ0v) is 7.70. The number of carbonyl (C=O) groups is 1. The summed E-state index contributed by atoms with van der Waals surface area (Å²) in [6.45, 7) is 0. The van der Waals surface area contributed by atoms with Gasteiger partial charge >= 0.3 is 5.97 Å². The van der Waals surface area contributed by atoms with Gasteiger partial charge in [-0.05, 0) is 0 Å². The number of halogens is 2. The number of rotatable bonds is 3. The number of carboxylic acid groups (broad SMARTS) is 1. The summed E-state index contributed by atoms with van der Waals surface area (Å²) in [5.74, 6) is -1.75. The molecule has 0 bridgehead atoms. The van der Waals surface area contributed by atoms with Gasteiger partial charge in [0.1, 0.15) is 5.69 Å². The summed E-state index contributed by atoms with van der Waals surface area (Å²) in [6.07, 6.45) is -2.08. The molecule has 0 spiro atoms. The lowest BCUT2D eigenvalue weighted by atomic mass is 10.2. The molecule has 1 rings (SSSR count). The molecule has 0 fully saturated rings. The number of carboxylic acids is 1. The second kappa shape index (κ2) is 4.07. The van der Waals surface area contributed by atoms with Crippen molar-refractivity contribution in [1.29, 1.82) is 0 Å². The van der Waals surface area contributed by atoms with Crippen LogP contribution in [0.3, 0.4) is 0 Å². The monoisotopic (exact) mass is 218 g/mol. The number of anilines is 1. The highest BCUT2D eigenvalue weighted by atomic mass is 19.3. The molecule has 0 aliphatic carbocycles. The number of nitrogens with two attached hydrogens (primary N) is 1. The lowest BCUT2D eigenvalue weighted by Gasteiger charge is -2.11. The van der Waals surface area contributed by atoms with Gasteiger partial charge in [-0.15, -0.1) is 0 Å². The standard InChI is InChI=1S/C8H8F2N2O3/c1-15-6-3(7(9)10)2-12-5(4(6)11)8(13)14/h2,7H,11H2,1H3,(H,13,14). The molecule has 0 saturated carbocycles. The molecule has 1 aromatic rings. The van der Waals surface area contributed by atoms with Crippen LogP contribution in [0.4, 0.5) is 14.5 Å². The van der Waals surface area contributed by atoms with Crippen molar-refractivity contribution in [3.05, 3.63) is 17.5 Å². The molecule has 0 atom stereocenters. The highest BCUT2D eigenvalue weighted by Crippen LogP contribution is 2.34. The number of pyridine rings is 1. The second-order valence-corrected chi connectivity index (χ2v) is 2.61. The lowest BCUT2D eigenvalue weighted by Crippen LogP contribution is -2.09. The molecule has 3 N–H and O–H groups in total. The molecule has 15 heavy (non-hydrogen) atoms. The Kier molecular flexibility index (Phi) is 3.03. The summed E-state index contributed by atoms with van der Waals surface area (Å²) in [5.41, 5.74) is 3.90. The summed E-state index contributed by atoms with van der Waals surface area (Å²) in [5, 5.41) is 8.63. The first-order valence-corrected chi connectivity index (χ1v) is 3.82. The second-order valence-electron chi connectivity index (χ2n) is 2.61. The Bertz CT molecular complexity index is 396. The van der Waals surface area contributed by atoms with Gasteiger partial charge in [0, 0.05) is 6.20 Å². The van der Waals surface area contributed by atoms with Crippen LogP contribution < -0.4 is 10.5 Å². The zero-order valence-electron chi connectivity index (χ0n) is 7.70. The van der Waals surface area contributed by atoms with Crippen LogP contribution in [0, 0.1) is 0 Å². The largest absolute Gasteiger partial charge is 0.494 e. The van der Waals surface area contributed by atoms with Crippen LogP contribution in [0.25, 0.3) is 0 Å². The molecule has 0 unspecified atom stereocenters. The van der Waals surface area contributed by atoms with Gasteiger partial charge < -0.3 is 15.6 Å². The van der Waals surface area contributed by atoms with Crippen LogP contribution >= 0.6 is 0 Å². The molecule has 7 heteroatoms. The number of methoxy groups -OCH3 is 1. The number of aromatic carboxylic acids is 1. The number of nitrogen functional groups attached to an aromatic ring is 1. The van der Waals surface area contributed by atoms with Crippen LogP contribution in [-0.2, 0) is 0 Å². The summed E-state index contributed by atoms with van der Waals surface area (Å²) >= 11 is 0. The van der Waals surface area contributed by atoms with Gasteiger partial charge in [-0.2, -0.15) is 0 Å². The first-order valence-electron chi connectivity index (χ1n) is 3.82. The maximum Gasteiger partial charge on any atom is 0.356 e. The molecule has 0 aliphatic rings. The van der Waals surface area contributed by atoms with Crippen molar-refractivity contribution in [2.45, 2.75) is 6.43 Å². The van der Waals surface area contributed by atoms with Crippen LogP contribution in [0.5, 0.6) is 5.75 Å². The number of hydrogen-bond donors (Lipinski definition) is 2. The van der Waals surface area contributed by atoms with Crippen molar-refractivity contribution in [2.75, 3.05) is 12.8 Å². The van der Waals surface area contributed by atoms with Gasteiger partial charge in [0.15, 0.2) is 11.4 Å². The molecule has 82 valence electrons. The molecule has 5 nitrogen and oxygen atoms in total. The molecular weight excluding hydrogens is 210 g/mol. The average molecular weight is 218 g/mol. The first kappa shape index (κ1) is 11.2. The normalized spacial score (nSPS) is 10.4. The topological polar surface area (TPSA) is 85.4 Å². The highest BCUT2D eigenvalue weighted by molar-refractivity contribution is 5.93. The molecule has 1 heterocycles. The Hall–Kier alpha value is -1.92. The van der Waals surface area contributed by atoms with Crippen molar-refractivity contribution in [1.82, 2.24) is 4.98 Å². The SMILES string of the molecule is COc1c(C(F)F)cnc(C(=O)O)c1N. The molecule has 0 amide bonds. The minimum absolute atomic E-state index is 0.350. The Labute approximate surface area is 83.5 Å². The zero-order chi connectivity index (χ0) is 11.6. The van der Waals surface area contributed by atoms with Crippen LogP contribution in [0.1, 0.15) is 22.5 Å². The van der Waals surface area contributed by atoms with Crippen molar-refractivity contribution >= 4 is 11.7 Å². The molecule has 0 saturated heterocycles. The van der Waals surface area contributed by atoms with Gasteiger partial charge in [0.25, 0.3) is 6.43 Å². The highest BCUT2D eigenvalue weighted by Gasteiger charge is 2.22. The van der Waals surface area contributed by atoms with E-state index < -0.39 is 29.3 Å². The number of ether oxygens (including phenoxy) is 1. The summed E-state index contributed by atoms with van der Waals surface area (Å²) in [4.78, 5) is 13.9. The minimum Gasteiger partial charge on any atom is -0.494 e. The van der Waals surface area contributed by atoms with Crippen molar-refractivity contribution in [3.8, 4) is 5.75 Å².